The second-order valence-electron chi connectivity index (χ2n) is 7.88. The van der Waals surface area contributed by atoms with Gasteiger partial charge in [-0.15, -0.1) is 0 Å². The Bertz CT molecular complexity index is 1220. The van der Waals surface area contributed by atoms with E-state index in [9.17, 15) is 14.7 Å². The minimum absolute atomic E-state index is 0.0362. The maximum Gasteiger partial charge on any atom is 0.322 e. The normalized spacial score (nSPS) is 10.9. The number of carboxylic acid groups (broad SMARTS) is 1. The zero-order chi connectivity index (χ0) is 25.0. The van der Waals surface area contributed by atoms with Crippen LogP contribution >= 0.6 is 43.5 Å². The van der Waals surface area contributed by atoms with E-state index in [4.69, 9.17) is 21.4 Å². The Kier molecular flexibility index (Phi) is 8.62. The van der Waals surface area contributed by atoms with E-state index in [-0.39, 0.29) is 35.4 Å². The van der Waals surface area contributed by atoms with Gasteiger partial charge in [0.05, 0.1) is 14.0 Å². The number of halogens is 3. The molecule has 0 fully saturated rings. The van der Waals surface area contributed by atoms with Gasteiger partial charge in [0.15, 0.2) is 11.5 Å². The summed E-state index contributed by atoms with van der Waals surface area (Å²) >= 11 is 13.2. The minimum atomic E-state index is -1.01. The van der Waals surface area contributed by atoms with Gasteiger partial charge < -0.3 is 20.3 Å². The lowest BCUT2D eigenvalue weighted by Gasteiger charge is -2.16. The first-order valence-electron chi connectivity index (χ1n) is 10.3. The van der Waals surface area contributed by atoms with Gasteiger partial charge >= 0.3 is 5.97 Å². The van der Waals surface area contributed by atoms with Gasteiger partial charge in [0.25, 0.3) is 0 Å². The van der Waals surface area contributed by atoms with Crippen molar-refractivity contribution in [1.29, 1.82) is 0 Å². The molecular formula is C25H22Br2ClNO5. The number of para-hydroxylation sites is 1. The summed E-state index contributed by atoms with van der Waals surface area (Å²) in [6.45, 7) is 3.61. The van der Waals surface area contributed by atoms with E-state index in [1.165, 1.54) is 0 Å². The molecule has 0 spiro atoms. The van der Waals surface area contributed by atoms with Crippen LogP contribution < -0.4 is 10.1 Å². The first-order valence-corrected chi connectivity index (χ1v) is 12.3. The Balaban J connectivity index is 1.83. The number of hydrogen-bond acceptors (Lipinski definition) is 5. The van der Waals surface area contributed by atoms with Crippen LogP contribution in [0.2, 0.25) is 5.02 Å². The number of carboxylic acids is 1. The number of ketones is 1. The smallest absolute Gasteiger partial charge is 0.322 e. The van der Waals surface area contributed by atoms with Crippen LogP contribution in [0, 0.1) is 0 Å². The largest absolute Gasteiger partial charge is 0.506 e. The third kappa shape index (κ3) is 6.31. The SMILES string of the molecule is CC(C)c1cc(Oc2c(Br)cc(CC(=O)c3ccccc3NCC(=O)O)cc2Br)cc(Cl)c1O. The van der Waals surface area contributed by atoms with E-state index in [1.807, 2.05) is 13.8 Å². The predicted molar refractivity (Wildman–Crippen MR) is 140 cm³/mol. The van der Waals surface area contributed by atoms with Gasteiger partial charge in [-0.05, 0) is 73.7 Å². The molecule has 178 valence electrons. The number of nitrogens with one attached hydrogen (secondary N) is 1. The summed E-state index contributed by atoms with van der Waals surface area (Å²) in [5.74, 6) is -0.122. The molecule has 3 aromatic carbocycles. The molecule has 0 radical (unpaired) electrons. The van der Waals surface area contributed by atoms with Crippen LogP contribution in [0.5, 0.6) is 17.2 Å². The number of Topliss-reactive ketones (excluding diaryl/α,β-unsaturated/α-hetero) is 1. The van der Waals surface area contributed by atoms with E-state index in [2.05, 4.69) is 37.2 Å². The molecule has 0 atom stereocenters. The van der Waals surface area contributed by atoms with Gasteiger partial charge in [-0.25, -0.2) is 0 Å². The molecule has 3 aromatic rings. The van der Waals surface area contributed by atoms with Gasteiger partial charge in [0, 0.05) is 29.3 Å². The number of carbonyl (C=O) groups excluding carboxylic acids is 1. The highest BCUT2D eigenvalue weighted by molar-refractivity contribution is 9.11. The molecule has 0 saturated heterocycles. The highest BCUT2D eigenvalue weighted by atomic mass is 79.9. The predicted octanol–water partition coefficient (Wildman–Crippen LogP) is 7.41. The fourth-order valence-electron chi connectivity index (χ4n) is 3.36. The molecule has 0 bridgehead atoms. The molecule has 0 unspecified atom stereocenters. The molecule has 6 nitrogen and oxygen atoms in total. The first-order chi connectivity index (χ1) is 16.1. The summed E-state index contributed by atoms with van der Waals surface area (Å²) in [5.41, 5.74) is 2.29. The van der Waals surface area contributed by atoms with Crippen LogP contribution in [0.4, 0.5) is 5.69 Å². The minimum Gasteiger partial charge on any atom is -0.506 e. The van der Waals surface area contributed by atoms with Crippen molar-refractivity contribution in [1.82, 2.24) is 0 Å². The quantitative estimate of drug-likeness (QED) is 0.218. The number of anilines is 1. The number of phenols is 1. The molecule has 0 amide bonds. The number of rotatable bonds is 9. The second-order valence-corrected chi connectivity index (χ2v) is 10.00. The monoisotopic (exact) mass is 609 g/mol. The Labute approximate surface area is 219 Å². The van der Waals surface area contributed by atoms with Gasteiger partial charge in [-0.1, -0.05) is 37.6 Å². The fraction of sp³-hybridized carbons (Fsp3) is 0.200. The van der Waals surface area contributed by atoms with Crippen LogP contribution in [0.15, 0.2) is 57.5 Å². The molecule has 0 aliphatic heterocycles. The summed E-state index contributed by atoms with van der Waals surface area (Å²) in [6.07, 6.45) is 0.103. The average molecular weight is 612 g/mol. The maximum absolute atomic E-state index is 13.0. The standard InChI is InChI=1S/C25H22Br2ClNO5/c1-13(2)17-10-15(11-20(28)24(17)33)34-25-18(26)7-14(8-19(25)27)9-22(30)16-5-3-4-6-21(16)29-12-23(31)32/h3-8,10-11,13,29,33H,9,12H2,1-2H3,(H,31,32). The number of aliphatic carboxylic acids is 1. The Morgan fingerprint density at radius 2 is 1.74 bits per heavy atom. The highest BCUT2D eigenvalue weighted by Crippen LogP contribution is 2.42. The summed E-state index contributed by atoms with van der Waals surface area (Å²) in [6, 6.07) is 13.7. The highest BCUT2D eigenvalue weighted by Gasteiger charge is 2.18. The van der Waals surface area contributed by atoms with Crippen molar-refractivity contribution in [2.75, 3.05) is 11.9 Å². The molecule has 0 aliphatic carbocycles. The van der Waals surface area contributed by atoms with Crippen LogP contribution in [-0.4, -0.2) is 28.5 Å². The number of phenolic OH excluding ortho intramolecular Hbond substituents is 1. The number of benzene rings is 3. The summed E-state index contributed by atoms with van der Waals surface area (Å²) < 4.78 is 7.29. The summed E-state index contributed by atoms with van der Waals surface area (Å²) in [4.78, 5) is 23.8. The van der Waals surface area contributed by atoms with Crippen molar-refractivity contribution in [3.8, 4) is 17.2 Å². The number of ether oxygens (including phenoxy) is 1. The zero-order valence-electron chi connectivity index (χ0n) is 18.4. The Hall–Kier alpha value is -2.55. The molecule has 9 heteroatoms. The molecule has 0 aromatic heterocycles. The van der Waals surface area contributed by atoms with Crippen molar-refractivity contribution < 1.29 is 24.5 Å². The number of hydrogen-bond donors (Lipinski definition) is 3. The molecular weight excluding hydrogens is 590 g/mol. The zero-order valence-corrected chi connectivity index (χ0v) is 22.3. The van der Waals surface area contributed by atoms with Crippen LogP contribution in [0.3, 0.4) is 0 Å². The van der Waals surface area contributed by atoms with Crippen molar-refractivity contribution in [2.45, 2.75) is 26.2 Å². The number of carbonyl (C=O) groups is 2. The van der Waals surface area contributed by atoms with Crippen molar-refractivity contribution in [2.24, 2.45) is 0 Å². The van der Waals surface area contributed by atoms with Crippen molar-refractivity contribution in [3.05, 3.63) is 79.2 Å². The first kappa shape index (κ1) is 26.1. The molecule has 3 rings (SSSR count). The third-order valence-corrected chi connectivity index (χ3v) is 6.45. The summed E-state index contributed by atoms with van der Waals surface area (Å²) in [5, 5.41) is 22.1. The van der Waals surface area contributed by atoms with Crippen molar-refractivity contribution in [3.63, 3.8) is 0 Å². The van der Waals surface area contributed by atoms with Gasteiger partial charge in [0.2, 0.25) is 0 Å². The van der Waals surface area contributed by atoms with Gasteiger partial charge in [0.1, 0.15) is 18.0 Å². The van der Waals surface area contributed by atoms with Crippen LogP contribution in [0.25, 0.3) is 0 Å². The topological polar surface area (TPSA) is 95.9 Å². The van der Waals surface area contributed by atoms with E-state index < -0.39 is 5.97 Å². The lowest BCUT2D eigenvalue weighted by molar-refractivity contribution is -0.134. The molecule has 0 heterocycles. The third-order valence-electron chi connectivity index (χ3n) is 4.99. The van der Waals surface area contributed by atoms with Crippen LogP contribution in [0.1, 0.15) is 41.3 Å². The summed E-state index contributed by atoms with van der Waals surface area (Å²) in [7, 11) is 0. The van der Waals surface area contributed by atoms with Gasteiger partial charge in [-0.3, -0.25) is 9.59 Å². The molecule has 3 N–H and O–H groups in total. The average Bonchev–Trinajstić information content (AvgIpc) is 2.77. The molecule has 0 aliphatic rings. The molecule has 0 saturated carbocycles. The van der Waals surface area contributed by atoms with E-state index in [0.717, 1.165) is 5.56 Å². The fourth-order valence-corrected chi connectivity index (χ4v) is 5.01. The van der Waals surface area contributed by atoms with E-state index in [0.29, 0.717) is 37.3 Å². The Morgan fingerprint density at radius 1 is 1.09 bits per heavy atom. The maximum atomic E-state index is 13.0. The van der Waals surface area contributed by atoms with E-state index >= 15 is 0 Å². The Morgan fingerprint density at radius 3 is 2.35 bits per heavy atom. The lowest BCUT2D eigenvalue weighted by Crippen LogP contribution is -2.15. The number of aromatic hydroxyl groups is 1. The van der Waals surface area contributed by atoms with Crippen LogP contribution in [-0.2, 0) is 11.2 Å². The van der Waals surface area contributed by atoms with Gasteiger partial charge in [-0.2, -0.15) is 0 Å². The van der Waals surface area contributed by atoms with Crippen molar-refractivity contribution >= 4 is 60.9 Å². The van der Waals surface area contributed by atoms with E-state index in [1.54, 1.807) is 48.5 Å². The lowest BCUT2D eigenvalue weighted by atomic mass is 10.0. The molecule has 34 heavy (non-hydrogen) atoms. The second kappa shape index (κ2) is 11.3.